The molecular formula is C21H23ClN2O3S. The summed E-state index contributed by atoms with van der Waals surface area (Å²) in [6.07, 6.45) is 4.73. The van der Waals surface area contributed by atoms with E-state index in [-0.39, 0.29) is 27.6 Å². The van der Waals surface area contributed by atoms with Crippen molar-refractivity contribution in [2.24, 2.45) is 11.8 Å². The first-order valence-electron chi connectivity index (χ1n) is 9.52. The van der Waals surface area contributed by atoms with E-state index < -0.39 is 10.0 Å². The first-order valence-corrected chi connectivity index (χ1v) is 11.4. The number of carbonyl (C=O) groups excluding carboxylic acids is 1. The monoisotopic (exact) mass is 418 g/mol. The van der Waals surface area contributed by atoms with Crippen LogP contribution in [-0.4, -0.2) is 20.4 Å². The molecule has 0 aromatic heterocycles. The van der Waals surface area contributed by atoms with Gasteiger partial charge in [-0.15, -0.1) is 0 Å². The minimum Gasteiger partial charge on any atom is -0.349 e. The highest BCUT2D eigenvalue weighted by atomic mass is 35.5. The zero-order valence-electron chi connectivity index (χ0n) is 15.6. The van der Waals surface area contributed by atoms with E-state index in [0.717, 1.165) is 17.9 Å². The summed E-state index contributed by atoms with van der Waals surface area (Å²) in [5, 5.41) is 3.31. The van der Waals surface area contributed by atoms with Crippen molar-refractivity contribution in [1.29, 1.82) is 0 Å². The Morgan fingerprint density at radius 2 is 1.82 bits per heavy atom. The lowest BCUT2D eigenvalue weighted by atomic mass is 9.95. The van der Waals surface area contributed by atoms with Crippen LogP contribution in [0.15, 0.2) is 47.4 Å². The number of amides is 1. The highest BCUT2D eigenvalue weighted by Crippen LogP contribution is 2.44. The molecular weight excluding hydrogens is 396 g/mol. The van der Waals surface area contributed by atoms with Crippen molar-refractivity contribution in [1.82, 2.24) is 5.32 Å². The number of sulfonamides is 1. The van der Waals surface area contributed by atoms with E-state index in [1.54, 1.807) is 30.3 Å². The number of halogens is 1. The molecule has 2 N–H and O–H groups in total. The molecule has 3 atom stereocenters. The Labute approximate surface area is 170 Å². The number of aryl methyl sites for hydroxylation is 1. The lowest BCUT2D eigenvalue weighted by Gasteiger charge is -2.23. The Morgan fingerprint density at radius 1 is 1.07 bits per heavy atom. The Balaban J connectivity index is 1.46. The summed E-state index contributed by atoms with van der Waals surface area (Å²) in [4.78, 5) is 12.7. The quantitative estimate of drug-likeness (QED) is 0.757. The lowest BCUT2D eigenvalue weighted by molar-refractivity contribution is 0.0923. The molecule has 2 aliphatic rings. The van der Waals surface area contributed by atoms with E-state index >= 15 is 0 Å². The predicted molar refractivity (Wildman–Crippen MR) is 110 cm³/mol. The van der Waals surface area contributed by atoms with Crippen molar-refractivity contribution in [3.8, 4) is 0 Å². The molecule has 0 spiro atoms. The van der Waals surface area contributed by atoms with Gasteiger partial charge in [0.05, 0.1) is 15.6 Å². The van der Waals surface area contributed by atoms with Gasteiger partial charge in [0.15, 0.2) is 0 Å². The smallest absolute Gasteiger partial charge is 0.261 e. The summed E-state index contributed by atoms with van der Waals surface area (Å²) in [6, 6.07) is 11.4. The maximum absolute atomic E-state index is 12.6. The van der Waals surface area contributed by atoms with Crippen LogP contribution in [0.2, 0.25) is 5.02 Å². The second-order valence-electron chi connectivity index (χ2n) is 7.87. The maximum atomic E-state index is 12.6. The summed E-state index contributed by atoms with van der Waals surface area (Å²) in [5.74, 6) is 1.18. The maximum Gasteiger partial charge on any atom is 0.261 e. The molecule has 2 fully saturated rings. The molecule has 2 saturated carbocycles. The molecule has 0 saturated heterocycles. The molecule has 2 aromatic rings. The molecule has 28 heavy (non-hydrogen) atoms. The topological polar surface area (TPSA) is 75.3 Å². The second-order valence-corrected chi connectivity index (χ2v) is 9.96. The van der Waals surface area contributed by atoms with Crippen LogP contribution in [0.25, 0.3) is 0 Å². The van der Waals surface area contributed by atoms with Crippen LogP contribution in [0.1, 0.15) is 41.6 Å². The van der Waals surface area contributed by atoms with Gasteiger partial charge in [0.1, 0.15) is 0 Å². The highest BCUT2D eigenvalue weighted by Gasteiger charge is 2.40. The Kier molecular flexibility index (Phi) is 5.10. The molecule has 0 heterocycles. The Hall–Kier alpha value is -2.05. The van der Waals surface area contributed by atoms with Crippen LogP contribution in [0.3, 0.4) is 0 Å². The molecule has 7 heteroatoms. The van der Waals surface area contributed by atoms with Gasteiger partial charge in [0, 0.05) is 11.6 Å². The van der Waals surface area contributed by atoms with Gasteiger partial charge in [0.2, 0.25) is 0 Å². The molecule has 1 amide bonds. The zero-order chi connectivity index (χ0) is 19.9. The van der Waals surface area contributed by atoms with Crippen molar-refractivity contribution in [3.05, 3.63) is 58.6 Å². The fourth-order valence-electron chi connectivity index (χ4n) is 4.33. The molecule has 5 nitrogen and oxygen atoms in total. The van der Waals surface area contributed by atoms with Gasteiger partial charge in [-0.2, -0.15) is 0 Å². The van der Waals surface area contributed by atoms with Crippen molar-refractivity contribution < 1.29 is 13.2 Å². The van der Waals surface area contributed by atoms with Crippen LogP contribution < -0.4 is 10.0 Å². The standard InChI is InChI=1S/C21H23ClN2O3S/c1-13-2-7-17(8-3-13)28(26,27)24-19-9-6-16(12-18(19)22)21(25)23-20-11-14-4-5-15(20)10-14/h2-3,6-9,12,14-15,20,24H,4-5,10-11H2,1H3,(H,23,25)/t14-,15-,20-/m0/s1. The number of nitrogens with one attached hydrogen (secondary N) is 2. The number of carbonyl (C=O) groups is 1. The van der Waals surface area contributed by atoms with Gasteiger partial charge in [-0.3, -0.25) is 9.52 Å². The van der Waals surface area contributed by atoms with Gasteiger partial charge in [-0.25, -0.2) is 8.42 Å². The summed E-state index contributed by atoms with van der Waals surface area (Å²) in [5.41, 5.74) is 1.66. The van der Waals surface area contributed by atoms with Gasteiger partial charge < -0.3 is 5.32 Å². The first-order chi connectivity index (χ1) is 13.3. The molecule has 2 bridgehead atoms. The molecule has 4 rings (SSSR count). The van der Waals surface area contributed by atoms with Crippen LogP contribution in [0.4, 0.5) is 5.69 Å². The summed E-state index contributed by atoms with van der Waals surface area (Å²) >= 11 is 6.26. The number of fused-ring (bicyclic) bond motifs is 2. The normalized spacial score (nSPS) is 23.6. The summed E-state index contributed by atoms with van der Waals surface area (Å²) in [6.45, 7) is 1.89. The van der Waals surface area contributed by atoms with Crippen LogP contribution in [0.5, 0.6) is 0 Å². The van der Waals surface area contributed by atoms with E-state index in [0.29, 0.717) is 11.5 Å². The predicted octanol–water partition coefficient (Wildman–Crippen LogP) is 4.37. The molecule has 0 radical (unpaired) electrons. The molecule has 2 aromatic carbocycles. The first kappa shape index (κ1) is 19.3. The van der Waals surface area contributed by atoms with Gasteiger partial charge in [0.25, 0.3) is 15.9 Å². The minimum atomic E-state index is -3.75. The largest absolute Gasteiger partial charge is 0.349 e. The number of anilines is 1. The average molecular weight is 419 g/mol. The molecule has 0 unspecified atom stereocenters. The third kappa shape index (κ3) is 3.89. The third-order valence-corrected chi connectivity index (χ3v) is 7.56. The summed E-state index contributed by atoms with van der Waals surface area (Å²) < 4.78 is 27.6. The molecule has 0 aliphatic heterocycles. The second kappa shape index (κ2) is 7.41. The van der Waals surface area contributed by atoms with E-state index in [9.17, 15) is 13.2 Å². The Bertz CT molecular complexity index is 1000. The number of hydrogen-bond acceptors (Lipinski definition) is 3. The van der Waals surface area contributed by atoms with Crippen LogP contribution in [0, 0.1) is 18.8 Å². The Morgan fingerprint density at radius 3 is 2.43 bits per heavy atom. The van der Waals surface area contributed by atoms with Crippen molar-refractivity contribution in [3.63, 3.8) is 0 Å². The van der Waals surface area contributed by atoms with Crippen LogP contribution >= 0.6 is 11.6 Å². The minimum absolute atomic E-state index is 0.160. The van der Waals surface area contributed by atoms with Crippen molar-refractivity contribution >= 4 is 33.2 Å². The number of hydrogen-bond donors (Lipinski definition) is 2. The van der Waals surface area contributed by atoms with E-state index in [1.807, 2.05) is 6.92 Å². The highest BCUT2D eigenvalue weighted by molar-refractivity contribution is 7.92. The fourth-order valence-corrected chi connectivity index (χ4v) is 5.70. The molecule has 148 valence electrons. The fraction of sp³-hybridized carbons (Fsp3) is 0.381. The zero-order valence-corrected chi connectivity index (χ0v) is 17.2. The van der Waals surface area contributed by atoms with Gasteiger partial charge >= 0.3 is 0 Å². The van der Waals surface area contributed by atoms with Crippen molar-refractivity contribution in [2.75, 3.05) is 4.72 Å². The number of benzene rings is 2. The number of rotatable bonds is 5. The van der Waals surface area contributed by atoms with Gasteiger partial charge in [-0.05, 0) is 68.4 Å². The SMILES string of the molecule is Cc1ccc(S(=O)(=O)Nc2ccc(C(=O)N[C@H]3C[C@H]4CC[C@H]3C4)cc2Cl)cc1. The summed E-state index contributed by atoms with van der Waals surface area (Å²) in [7, 11) is -3.75. The van der Waals surface area contributed by atoms with E-state index in [2.05, 4.69) is 10.0 Å². The van der Waals surface area contributed by atoms with Gasteiger partial charge in [-0.1, -0.05) is 35.7 Å². The average Bonchev–Trinajstić information content (AvgIpc) is 3.26. The van der Waals surface area contributed by atoms with Crippen molar-refractivity contribution in [2.45, 2.75) is 43.5 Å². The third-order valence-electron chi connectivity index (χ3n) is 5.86. The molecule has 2 aliphatic carbocycles. The lowest BCUT2D eigenvalue weighted by Crippen LogP contribution is -2.38. The van der Waals surface area contributed by atoms with E-state index in [1.165, 1.54) is 31.4 Å². The van der Waals surface area contributed by atoms with Crippen LogP contribution in [-0.2, 0) is 10.0 Å². The van der Waals surface area contributed by atoms with E-state index in [4.69, 9.17) is 11.6 Å².